The van der Waals surface area contributed by atoms with E-state index in [2.05, 4.69) is 5.32 Å². The molecule has 100 valence electrons. The highest BCUT2D eigenvalue weighted by atomic mass is 35.5. The Morgan fingerprint density at radius 2 is 1.65 bits per heavy atom. The first-order valence-electron chi connectivity index (χ1n) is 5.82. The maximum absolute atomic E-state index is 12.0. The van der Waals surface area contributed by atoms with E-state index in [0.717, 1.165) is 11.1 Å². The molecule has 1 aliphatic rings. The van der Waals surface area contributed by atoms with Crippen molar-refractivity contribution in [1.29, 1.82) is 0 Å². The zero-order valence-corrected chi connectivity index (χ0v) is 12.4. The van der Waals surface area contributed by atoms with Crippen LogP contribution in [0.2, 0.25) is 15.1 Å². The molecular formula is C15H8Cl3NO. The summed E-state index contributed by atoms with van der Waals surface area (Å²) in [6.07, 6.45) is 1.74. The normalized spacial score (nSPS) is 15.3. The molecule has 0 aliphatic carbocycles. The van der Waals surface area contributed by atoms with Crippen molar-refractivity contribution in [2.24, 2.45) is 0 Å². The van der Waals surface area contributed by atoms with Gasteiger partial charge in [0.1, 0.15) is 0 Å². The lowest BCUT2D eigenvalue weighted by atomic mass is 10.0. The second-order valence-electron chi connectivity index (χ2n) is 4.37. The fourth-order valence-corrected chi connectivity index (χ4v) is 2.72. The van der Waals surface area contributed by atoms with E-state index in [1.807, 2.05) is 6.07 Å². The number of carbonyl (C=O) groups excluding carboxylic acids is 1. The van der Waals surface area contributed by atoms with E-state index in [9.17, 15) is 4.79 Å². The van der Waals surface area contributed by atoms with Gasteiger partial charge in [-0.15, -0.1) is 0 Å². The van der Waals surface area contributed by atoms with E-state index in [0.29, 0.717) is 26.3 Å². The van der Waals surface area contributed by atoms with Gasteiger partial charge in [-0.05, 0) is 35.9 Å². The summed E-state index contributed by atoms with van der Waals surface area (Å²) in [6, 6.07) is 10.4. The highest BCUT2D eigenvalue weighted by Gasteiger charge is 2.24. The van der Waals surface area contributed by atoms with E-state index in [4.69, 9.17) is 34.8 Å². The van der Waals surface area contributed by atoms with Crippen molar-refractivity contribution in [2.45, 2.75) is 0 Å². The topological polar surface area (TPSA) is 29.1 Å². The van der Waals surface area contributed by atoms with E-state index in [-0.39, 0.29) is 5.91 Å². The van der Waals surface area contributed by atoms with Gasteiger partial charge >= 0.3 is 0 Å². The average Bonchev–Trinajstić information content (AvgIpc) is 2.68. The number of rotatable bonds is 1. The van der Waals surface area contributed by atoms with Gasteiger partial charge in [0.05, 0.1) is 5.69 Å². The van der Waals surface area contributed by atoms with Gasteiger partial charge in [0, 0.05) is 26.2 Å². The Bertz CT molecular complexity index is 753. The lowest BCUT2D eigenvalue weighted by molar-refractivity contribution is -0.110. The molecule has 1 heterocycles. The van der Waals surface area contributed by atoms with Gasteiger partial charge in [-0.1, -0.05) is 46.9 Å². The van der Waals surface area contributed by atoms with Crippen LogP contribution in [0.15, 0.2) is 36.4 Å². The van der Waals surface area contributed by atoms with Crippen LogP contribution in [-0.4, -0.2) is 5.91 Å². The zero-order valence-electron chi connectivity index (χ0n) is 10.1. The Kier molecular flexibility index (Phi) is 3.47. The average molecular weight is 325 g/mol. The molecule has 0 fully saturated rings. The van der Waals surface area contributed by atoms with E-state index < -0.39 is 0 Å². The zero-order chi connectivity index (χ0) is 14.3. The van der Waals surface area contributed by atoms with Gasteiger partial charge in [-0.3, -0.25) is 4.79 Å². The number of anilines is 1. The highest BCUT2D eigenvalue weighted by molar-refractivity contribution is 6.38. The van der Waals surface area contributed by atoms with E-state index in [1.165, 1.54) is 0 Å². The molecule has 2 aromatic carbocycles. The summed E-state index contributed by atoms with van der Waals surface area (Å²) in [5.41, 5.74) is 2.81. The molecule has 0 saturated heterocycles. The lowest BCUT2D eigenvalue weighted by Gasteiger charge is -2.02. The maximum Gasteiger partial charge on any atom is 0.256 e. The Balaban J connectivity index is 2.11. The molecule has 0 bridgehead atoms. The molecule has 2 nitrogen and oxygen atoms in total. The van der Waals surface area contributed by atoms with Crippen LogP contribution in [-0.2, 0) is 4.79 Å². The predicted molar refractivity (Wildman–Crippen MR) is 84.4 cm³/mol. The third-order valence-electron chi connectivity index (χ3n) is 3.03. The Hall–Kier alpha value is -1.48. The van der Waals surface area contributed by atoms with Crippen LogP contribution < -0.4 is 5.32 Å². The number of benzene rings is 2. The minimum absolute atomic E-state index is 0.173. The number of halogens is 3. The van der Waals surface area contributed by atoms with Gasteiger partial charge < -0.3 is 5.32 Å². The predicted octanol–water partition coefficient (Wildman–Crippen LogP) is 5.14. The molecule has 0 unspecified atom stereocenters. The molecule has 5 heteroatoms. The molecule has 0 atom stereocenters. The molecule has 0 aromatic heterocycles. The molecule has 1 aliphatic heterocycles. The van der Waals surface area contributed by atoms with Gasteiger partial charge in [0.2, 0.25) is 0 Å². The van der Waals surface area contributed by atoms with Crippen molar-refractivity contribution in [3.8, 4) is 0 Å². The van der Waals surface area contributed by atoms with Crippen molar-refractivity contribution < 1.29 is 4.79 Å². The van der Waals surface area contributed by atoms with Crippen molar-refractivity contribution in [3.63, 3.8) is 0 Å². The maximum atomic E-state index is 12.0. The quantitative estimate of drug-likeness (QED) is 0.723. The Labute approximate surface area is 131 Å². The second kappa shape index (κ2) is 5.13. The Morgan fingerprint density at radius 3 is 2.40 bits per heavy atom. The molecule has 3 rings (SSSR count). The first kappa shape index (κ1) is 13.5. The molecule has 1 amide bonds. The first-order chi connectivity index (χ1) is 9.54. The number of nitrogens with one attached hydrogen (secondary N) is 1. The number of carbonyl (C=O) groups is 1. The van der Waals surface area contributed by atoms with Gasteiger partial charge in [-0.2, -0.15) is 0 Å². The van der Waals surface area contributed by atoms with Crippen LogP contribution in [0.25, 0.3) is 11.6 Å². The molecule has 0 spiro atoms. The summed E-state index contributed by atoms with van der Waals surface area (Å²) in [6.45, 7) is 0. The summed E-state index contributed by atoms with van der Waals surface area (Å²) < 4.78 is 0. The van der Waals surface area contributed by atoms with Crippen LogP contribution >= 0.6 is 34.8 Å². The van der Waals surface area contributed by atoms with Crippen LogP contribution in [0.1, 0.15) is 11.1 Å². The van der Waals surface area contributed by atoms with Crippen molar-refractivity contribution >= 4 is 58.0 Å². The SMILES string of the molecule is O=C1Nc2cc(Cl)ccc2/C1=C/c1ccc(Cl)cc1Cl. The summed E-state index contributed by atoms with van der Waals surface area (Å²) in [4.78, 5) is 12.0. The van der Waals surface area contributed by atoms with Crippen molar-refractivity contribution in [2.75, 3.05) is 5.32 Å². The van der Waals surface area contributed by atoms with Crippen LogP contribution in [0.4, 0.5) is 5.69 Å². The molecule has 0 radical (unpaired) electrons. The summed E-state index contributed by atoms with van der Waals surface area (Å²) in [5.74, 6) is -0.173. The van der Waals surface area contributed by atoms with E-state index >= 15 is 0 Å². The van der Waals surface area contributed by atoms with Crippen molar-refractivity contribution in [3.05, 3.63) is 62.6 Å². The number of amides is 1. The van der Waals surface area contributed by atoms with Gasteiger partial charge in [-0.25, -0.2) is 0 Å². The van der Waals surface area contributed by atoms with Gasteiger partial charge in [0.15, 0.2) is 0 Å². The number of fused-ring (bicyclic) bond motifs is 1. The molecule has 0 saturated carbocycles. The smallest absolute Gasteiger partial charge is 0.256 e. The largest absolute Gasteiger partial charge is 0.321 e. The minimum atomic E-state index is -0.173. The standard InChI is InChI=1S/C15H8Cl3NO/c16-9-2-1-8(13(18)6-9)5-12-11-4-3-10(17)7-14(11)19-15(12)20/h1-7H,(H,19,20)/b12-5-. The fraction of sp³-hybridized carbons (Fsp3) is 0. The molecular weight excluding hydrogens is 317 g/mol. The molecule has 20 heavy (non-hydrogen) atoms. The third kappa shape index (κ3) is 2.42. The highest BCUT2D eigenvalue weighted by Crippen LogP contribution is 2.36. The van der Waals surface area contributed by atoms with Crippen LogP contribution in [0.3, 0.4) is 0 Å². The first-order valence-corrected chi connectivity index (χ1v) is 6.96. The minimum Gasteiger partial charge on any atom is -0.321 e. The summed E-state index contributed by atoms with van der Waals surface area (Å²) in [5, 5.41) is 4.41. The van der Waals surface area contributed by atoms with Gasteiger partial charge in [0.25, 0.3) is 5.91 Å². The molecule has 1 N–H and O–H groups in total. The van der Waals surface area contributed by atoms with Crippen LogP contribution in [0, 0.1) is 0 Å². The van der Waals surface area contributed by atoms with Crippen LogP contribution in [0.5, 0.6) is 0 Å². The van der Waals surface area contributed by atoms with E-state index in [1.54, 1.807) is 36.4 Å². The third-order valence-corrected chi connectivity index (χ3v) is 3.82. The number of hydrogen-bond donors (Lipinski definition) is 1. The summed E-state index contributed by atoms with van der Waals surface area (Å²) >= 11 is 17.9. The fourth-order valence-electron chi connectivity index (χ4n) is 2.08. The monoisotopic (exact) mass is 323 g/mol. The second-order valence-corrected chi connectivity index (χ2v) is 5.65. The lowest BCUT2D eigenvalue weighted by Crippen LogP contribution is -2.03. The van der Waals surface area contributed by atoms with Crippen molar-refractivity contribution in [1.82, 2.24) is 0 Å². The number of hydrogen-bond acceptors (Lipinski definition) is 1. The summed E-state index contributed by atoms with van der Waals surface area (Å²) in [7, 11) is 0. The Morgan fingerprint density at radius 1 is 0.950 bits per heavy atom. The molecule has 2 aromatic rings.